The van der Waals surface area contributed by atoms with Crippen LogP contribution >= 0.6 is 0 Å². The summed E-state index contributed by atoms with van der Waals surface area (Å²) in [4.78, 5) is 30.0. The first-order chi connectivity index (χ1) is 9.61. The Labute approximate surface area is 119 Å². The van der Waals surface area contributed by atoms with Crippen LogP contribution in [0.15, 0.2) is 0 Å². The van der Waals surface area contributed by atoms with Gasteiger partial charge in [0.1, 0.15) is 0 Å². The topological polar surface area (TPSA) is 64.1 Å². The maximum Gasteiger partial charge on any atom is 0.320 e. The zero-order valence-electron chi connectivity index (χ0n) is 12.0. The van der Waals surface area contributed by atoms with Gasteiger partial charge >= 0.3 is 12.0 Å². The van der Waals surface area contributed by atoms with Crippen molar-refractivity contribution in [1.29, 1.82) is 0 Å². The fraction of sp³-hybridized carbons (Fsp3) is 0.857. The number of fused-ring (bicyclic) bond motifs is 2. The van der Waals surface area contributed by atoms with Crippen molar-refractivity contribution in [1.82, 2.24) is 14.7 Å². The molecule has 0 aromatic rings. The van der Waals surface area contributed by atoms with Crippen LogP contribution in [0, 0.1) is 5.92 Å². The summed E-state index contributed by atoms with van der Waals surface area (Å²) in [5.41, 5.74) is 0. The third-order valence-corrected chi connectivity index (χ3v) is 5.16. The molecule has 0 saturated carbocycles. The minimum absolute atomic E-state index is 0.0667. The molecule has 0 spiro atoms. The summed E-state index contributed by atoms with van der Waals surface area (Å²) in [6, 6.07) is 0.143. The van der Waals surface area contributed by atoms with Gasteiger partial charge in [0.2, 0.25) is 0 Å². The zero-order chi connectivity index (χ0) is 14.3. The second kappa shape index (κ2) is 5.24. The van der Waals surface area contributed by atoms with Crippen molar-refractivity contribution in [3.8, 4) is 0 Å². The second-order valence-electron chi connectivity index (χ2n) is 6.09. The zero-order valence-corrected chi connectivity index (χ0v) is 12.0. The number of hydrogen-bond acceptors (Lipinski definition) is 3. The normalized spacial score (nSPS) is 33.8. The summed E-state index contributed by atoms with van der Waals surface area (Å²) in [5, 5.41) is 9.25. The Hall–Kier alpha value is -1.30. The summed E-state index contributed by atoms with van der Waals surface area (Å²) in [6.45, 7) is 6.54. The fourth-order valence-corrected chi connectivity index (χ4v) is 3.97. The largest absolute Gasteiger partial charge is 0.481 e. The van der Waals surface area contributed by atoms with Crippen LogP contribution in [-0.2, 0) is 4.79 Å². The van der Waals surface area contributed by atoms with Crippen molar-refractivity contribution >= 4 is 12.0 Å². The van der Waals surface area contributed by atoms with Crippen molar-refractivity contribution < 1.29 is 14.7 Å². The number of carbonyl (C=O) groups is 2. The predicted octanol–water partition coefficient (Wildman–Crippen LogP) is 0.681. The van der Waals surface area contributed by atoms with E-state index in [1.54, 1.807) is 0 Å². The monoisotopic (exact) mass is 281 g/mol. The molecule has 3 unspecified atom stereocenters. The van der Waals surface area contributed by atoms with Gasteiger partial charge in [0.25, 0.3) is 0 Å². The van der Waals surface area contributed by atoms with E-state index >= 15 is 0 Å². The Bertz CT molecular complexity index is 406. The second-order valence-corrected chi connectivity index (χ2v) is 6.09. The van der Waals surface area contributed by atoms with Crippen molar-refractivity contribution in [2.45, 2.75) is 38.3 Å². The molecular formula is C14H23N3O3. The van der Waals surface area contributed by atoms with Crippen LogP contribution in [0.5, 0.6) is 0 Å². The van der Waals surface area contributed by atoms with E-state index in [-0.39, 0.29) is 24.0 Å². The van der Waals surface area contributed by atoms with E-state index in [0.29, 0.717) is 6.42 Å². The third-order valence-electron chi connectivity index (χ3n) is 5.16. The quantitative estimate of drug-likeness (QED) is 0.808. The van der Waals surface area contributed by atoms with Crippen LogP contribution < -0.4 is 0 Å². The van der Waals surface area contributed by atoms with Gasteiger partial charge in [-0.3, -0.25) is 4.79 Å². The molecular weight excluding hydrogens is 258 g/mol. The minimum Gasteiger partial charge on any atom is -0.481 e. The third kappa shape index (κ3) is 2.16. The molecule has 2 amide bonds. The van der Waals surface area contributed by atoms with Gasteiger partial charge in [0.05, 0.1) is 5.92 Å². The summed E-state index contributed by atoms with van der Waals surface area (Å²) in [6.07, 6.45) is 2.46. The SMILES string of the molecule is CCN1CCN(C(=O)N2C3CCC2C(C(=O)O)C3)CC1. The molecule has 0 aromatic carbocycles. The number of rotatable bonds is 2. The molecule has 3 fully saturated rings. The lowest BCUT2D eigenvalue weighted by atomic mass is 9.89. The first-order valence-electron chi connectivity index (χ1n) is 7.64. The highest BCUT2D eigenvalue weighted by Crippen LogP contribution is 2.42. The van der Waals surface area contributed by atoms with Gasteiger partial charge in [-0.25, -0.2) is 4.79 Å². The molecule has 2 bridgehead atoms. The van der Waals surface area contributed by atoms with E-state index in [2.05, 4.69) is 11.8 Å². The first-order valence-corrected chi connectivity index (χ1v) is 7.64. The molecule has 3 rings (SSSR count). The number of hydrogen-bond donors (Lipinski definition) is 1. The van der Waals surface area contributed by atoms with Crippen molar-refractivity contribution in [3.63, 3.8) is 0 Å². The Morgan fingerprint density at radius 2 is 1.85 bits per heavy atom. The highest BCUT2D eigenvalue weighted by atomic mass is 16.4. The van der Waals surface area contributed by atoms with Gasteiger partial charge in [-0.1, -0.05) is 6.92 Å². The number of nitrogens with zero attached hydrogens (tertiary/aromatic N) is 3. The Kier molecular flexibility index (Phi) is 3.58. The number of urea groups is 1. The Morgan fingerprint density at radius 1 is 1.15 bits per heavy atom. The van der Waals surface area contributed by atoms with Gasteiger partial charge in [-0.15, -0.1) is 0 Å². The number of likely N-dealkylation sites (N-methyl/N-ethyl adjacent to an activating group) is 1. The van der Waals surface area contributed by atoms with Crippen molar-refractivity contribution in [3.05, 3.63) is 0 Å². The van der Waals surface area contributed by atoms with E-state index in [4.69, 9.17) is 0 Å². The molecule has 20 heavy (non-hydrogen) atoms. The molecule has 3 saturated heterocycles. The summed E-state index contributed by atoms with van der Waals surface area (Å²) in [7, 11) is 0. The lowest BCUT2D eigenvalue weighted by Crippen LogP contribution is -2.54. The van der Waals surface area contributed by atoms with Crippen molar-refractivity contribution in [2.24, 2.45) is 5.92 Å². The van der Waals surface area contributed by atoms with E-state index in [0.717, 1.165) is 45.6 Å². The molecule has 6 heteroatoms. The molecule has 0 radical (unpaired) electrons. The number of piperazine rings is 1. The fourth-order valence-electron chi connectivity index (χ4n) is 3.97. The molecule has 0 aliphatic carbocycles. The van der Waals surface area contributed by atoms with Crippen LogP contribution in [-0.4, -0.2) is 76.6 Å². The number of amides is 2. The molecule has 3 heterocycles. The smallest absolute Gasteiger partial charge is 0.320 e. The van der Waals surface area contributed by atoms with Gasteiger partial charge in [0.15, 0.2) is 0 Å². The maximum atomic E-state index is 12.7. The Balaban J connectivity index is 1.65. The van der Waals surface area contributed by atoms with Crippen LogP contribution in [0.25, 0.3) is 0 Å². The lowest BCUT2D eigenvalue weighted by molar-refractivity contribution is -0.142. The standard InChI is InChI=1S/C14H23N3O3/c1-2-15-5-7-16(8-6-15)14(20)17-10-3-4-12(17)11(9-10)13(18)19/h10-12H,2-9H2,1H3,(H,18,19). The van der Waals surface area contributed by atoms with Gasteiger partial charge in [0, 0.05) is 38.3 Å². The lowest BCUT2D eigenvalue weighted by Gasteiger charge is -2.37. The summed E-state index contributed by atoms with van der Waals surface area (Å²) < 4.78 is 0. The van der Waals surface area contributed by atoms with E-state index in [1.807, 2.05) is 9.80 Å². The van der Waals surface area contributed by atoms with Crippen LogP contribution in [0.4, 0.5) is 4.79 Å². The molecule has 3 atom stereocenters. The predicted molar refractivity (Wildman–Crippen MR) is 73.5 cm³/mol. The van der Waals surface area contributed by atoms with Crippen molar-refractivity contribution in [2.75, 3.05) is 32.7 Å². The van der Waals surface area contributed by atoms with E-state index in [1.165, 1.54) is 0 Å². The number of carboxylic acids is 1. The summed E-state index contributed by atoms with van der Waals surface area (Å²) >= 11 is 0. The average molecular weight is 281 g/mol. The van der Waals surface area contributed by atoms with Gasteiger partial charge < -0.3 is 19.8 Å². The molecule has 6 nitrogen and oxygen atoms in total. The average Bonchev–Trinajstić information content (AvgIpc) is 3.04. The van der Waals surface area contributed by atoms with Gasteiger partial charge in [-0.05, 0) is 25.8 Å². The molecule has 3 aliphatic heterocycles. The number of aliphatic carboxylic acids is 1. The molecule has 1 N–H and O–H groups in total. The Morgan fingerprint density at radius 3 is 2.40 bits per heavy atom. The molecule has 112 valence electrons. The molecule has 0 aromatic heterocycles. The maximum absolute atomic E-state index is 12.7. The minimum atomic E-state index is -0.745. The van der Waals surface area contributed by atoms with E-state index in [9.17, 15) is 14.7 Å². The van der Waals surface area contributed by atoms with Crippen LogP contribution in [0.3, 0.4) is 0 Å². The number of carboxylic acid groups (broad SMARTS) is 1. The highest BCUT2D eigenvalue weighted by Gasteiger charge is 2.52. The van der Waals surface area contributed by atoms with Crippen LogP contribution in [0.2, 0.25) is 0 Å². The first kappa shape index (κ1) is 13.7. The van der Waals surface area contributed by atoms with Gasteiger partial charge in [-0.2, -0.15) is 0 Å². The van der Waals surface area contributed by atoms with Crippen LogP contribution in [0.1, 0.15) is 26.2 Å². The molecule has 3 aliphatic rings. The highest BCUT2D eigenvalue weighted by molar-refractivity contribution is 5.79. The summed E-state index contributed by atoms with van der Waals surface area (Å²) in [5.74, 6) is -1.10. The number of carbonyl (C=O) groups excluding carboxylic acids is 1. The van der Waals surface area contributed by atoms with E-state index < -0.39 is 5.97 Å².